The van der Waals surface area contributed by atoms with Crippen LogP contribution >= 0.6 is 0 Å². The number of rotatable bonds is 5. The summed E-state index contributed by atoms with van der Waals surface area (Å²) >= 11 is 0. The molecule has 0 atom stereocenters. The number of para-hydroxylation sites is 1. The Bertz CT molecular complexity index is 3230. The third-order valence-corrected chi connectivity index (χ3v) is 10.9. The maximum atomic E-state index is 6.24. The van der Waals surface area contributed by atoms with Crippen LogP contribution < -0.4 is 0 Å². The summed E-state index contributed by atoms with van der Waals surface area (Å²) in [6, 6.07) is 68.7. The lowest BCUT2D eigenvalue weighted by atomic mass is 9.89. The van der Waals surface area contributed by atoms with Crippen molar-refractivity contribution in [3.8, 4) is 56.2 Å². The molecule has 0 radical (unpaired) electrons. The van der Waals surface area contributed by atoms with E-state index in [1.807, 2.05) is 42.5 Å². The molecular formula is C52H32N2O. The Balaban J connectivity index is 0.989. The van der Waals surface area contributed by atoms with Crippen molar-refractivity contribution in [2.45, 2.75) is 0 Å². The highest BCUT2D eigenvalue weighted by Gasteiger charge is 2.17. The minimum atomic E-state index is 0.687. The molecule has 3 nitrogen and oxygen atoms in total. The summed E-state index contributed by atoms with van der Waals surface area (Å²) in [6.07, 6.45) is 0. The molecule has 0 spiro atoms. The van der Waals surface area contributed by atoms with E-state index in [1.54, 1.807) is 0 Å². The Labute approximate surface area is 317 Å². The standard InChI is InChI=1S/C52H32N2O/c1-2-12-38(13-3-1)52-53-46(32-47(54-52)43-18-10-20-49-51(43)44-17-8-9-19-48(44)55-49)36-25-21-33(22-26-36)34-23-27-37(28-24-34)50-41-16-7-5-14-39(41)31-45-40-15-6-4-11-35(40)29-30-42(45)50/h1-32H. The second-order valence-electron chi connectivity index (χ2n) is 14.1. The van der Waals surface area contributed by atoms with Gasteiger partial charge in [-0.25, -0.2) is 9.97 Å². The van der Waals surface area contributed by atoms with Gasteiger partial charge < -0.3 is 4.42 Å². The fourth-order valence-electron chi connectivity index (χ4n) is 8.23. The van der Waals surface area contributed by atoms with Gasteiger partial charge in [0.05, 0.1) is 11.4 Å². The topological polar surface area (TPSA) is 38.9 Å². The van der Waals surface area contributed by atoms with Crippen LogP contribution in [-0.4, -0.2) is 9.97 Å². The van der Waals surface area contributed by atoms with Crippen LogP contribution in [0.4, 0.5) is 0 Å². The van der Waals surface area contributed by atoms with Crippen LogP contribution in [0.3, 0.4) is 0 Å². The molecule has 0 saturated carbocycles. The van der Waals surface area contributed by atoms with Gasteiger partial charge in [0.2, 0.25) is 0 Å². The van der Waals surface area contributed by atoms with Crippen molar-refractivity contribution in [2.24, 2.45) is 0 Å². The van der Waals surface area contributed by atoms with E-state index in [0.29, 0.717) is 5.82 Å². The minimum absolute atomic E-state index is 0.687. The molecule has 9 aromatic carbocycles. The van der Waals surface area contributed by atoms with Crippen molar-refractivity contribution in [1.82, 2.24) is 9.97 Å². The fraction of sp³-hybridized carbons (Fsp3) is 0. The smallest absolute Gasteiger partial charge is 0.160 e. The molecule has 11 rings (SSSR count). The maximum absolute atomic E-state index is 6.24. The number of furan rings is 1. The molecule has 2 heterocycles. The van der Waals surface area contributed by atoms with Gasteiger partial charge in [0.15, 0.2) is 5.82 Å². The van der Waals surface area contributed by atoms with Gasteiger partial charge in [0.25, 0.3) is 0 Å². The molecule has 2 aromatic heterocycles. The average molecular weight is 701 g/mol. The van der Waals surface area contributed by atoms with Gasteiger partial charge in [0.1, 0.15) is 11.2 Å². The van der Waals surface area contributed by atoms with Gasteiger partial charge in [-0.15, -0.1) is 0 Å². The Morgan fingerprint density at radius 1 is 0.327 bits per heavy atom. The molecule has 55 heavy (non-hydrogen) atoms. The van der Waals surface area contributed by atoms with Gasteiger partial charge in [-0.2, -0.15) is 0 Å². The van der Waals surface area contributed by atoms with E-state index in [4.69, 9.17) is 14.4 Å². The molecule has 0 fully saturated rings. The van der Waals surface area contributed by atoms with E-state index in [-0.39, 0.29) is 0 Å². The largest absolute Gasteiger partial charge is 0.456 e. The molecule has 0 N–H and O–H groups in total. The van der Waals surface area contributed by atoms with Crippen LogP contribution in [0.1, 0.15) is 0 Å². The molecule has 0 aliphatic heterocycles. The summed E-state index contributed by atoms with van der Waals surface area (Å²) in [5.74, 6) is 0.687. The molecule has 0 saturated heterocycles. The van der Waals surface area contributed by atoms with Crippen molar-refractivity contribution in [3.63, 3.8) is 0 Å². The van der Waals surface area contributed by atoms with Gasteiger partial charge >= 0.3 is 0 Å². The molecule has 0 aliphatic carbocycles. The first-order valence-corrected chi connectivity index (χ1v) is 18.6. The van der Waals surface area contributed by atoms with Crippen LogP contribution in [0, 0.1) is 0 Å². The first kappa shape index (κ1) is 31.2. The van der Waals surface area contributed by atoms with Crippen molar-refractivity contribution >= 4 is 54.3 Å². The van der Waals surface area contributed by atoms with E-state index in [0.717, 1.165) is 61.1 Å². The number of benzene rings is 9. The maximum Gasteiger partial charge on any atom is 0.160 e. The lowest BCUT2D eigenvalue weighted by molar-refractivity contribution is 0.669. The zero-order chi connectivity index (χ0) is 36.3. The zero-order valence-electron chi connectivity index (χ0n) is 29.8. The summed E-state index contributed by atoms with van der Waals surface area (Å²) in [6.45, 7) is 0. The molecular weight excluding hydrogens is 669 g/mol. The summed E-state index contributed by atoms with van der Waals surface area (Å²) in [5, 5.41) is 9.74. The van der Waals surface area contributed by atoms with Gasteiger partial charge in [-0.1, -0.05) is 170 Å². The lowest BCUT2D eigenvalue weighted by Gasteiger charge is -2.14. The first-order valence-electron chi connectivity index (χ1n) is 18.6. The normalized spacial score (nSPS) is 11.6. The van der Waals surface area contributed by atoms with Crippen molar-refractivity contribution in [1.29, 1.82) is 0 Å². The highest BCUT2D eigenvalue weighted by molar-refractivity contribution is 6.20. The third kappa shape index (κ3) is 5.28. The molecule has 0 bridgehead atoms. The number of nitrogens with zero attached hydrogens (tertiary/aromatic N) is 2. The zero-order valence-corrected chi connectivity index (χ0v) is 29.8. The predicted molar refractivity (Wildman–Crippen MR) is 229 cm³/mol. The Kier molecular flexibility index (Phi) is 7.17. The van der Waals surface area contributed by atoms with Crippen LogP contribution in [0.25, 0.3) is 110 Å². The van der Waals surface area contributed by atoms with Crippen LogP contribution in [0.15, 0.2) is 199 Å². The second kappa shape index (κ2) is 12.6. The summed E-state index contributed by atoms with van der Waals surface area (Å²) in [4.78, 5) is 10.2. The van der Waals surface area contributed by atoms with Crippen LogP contribution in [0.5, 0.6) is 0 Å². The fourth-order valence-corrected chi connectivity index (χ4v) is 8.23. The van der Waals surface area contributed by atoms with Crippen molar-refractivity contribution in [3.05, 3.63) is 194 Å². The quantitative estimate of drug-likeness (QED) is 0.133. The second-order valence-corrected chi connectivity index (χ2v) is 14.1. The van der Waals surface area contributed by atoms with Crippen LogP contribution in [0.2, 0.25) is 0 Å². The molecule has 256 valence electrons. The van der Waals surface area contributed by atoms with Gasteiger partial charge in [-0.3, -0.25) is 0 Å². The molecule has 0 unspecified atom stereocenters. The molecule has 3 heteroatoms. The number of fused-ring (bicyclic) bond motifs is 7. The summed E-state index contributed by atoms with van der Waals surface area (Å²) < 4.78 is 6.24. The monoisotopic (exact) mass is 700 g/mol. The van der Waals surface area contributed by atoms with Gasteiger partial charge in [0, 0.05) is 27.5 Å². The highest BCUT2D eigenvalue weighted by atomic mass is 16.3. The van der Waals surface area contributed by atoms with E-state index >= 15 is 0 Å². The van der Waals surface area contributed by atoms with Crippen molar-refractivity contribution < 1.29 is 4.42 Å². The lowest BCUT2D eigenvalue weighted by Crippen LogP contribution is -1.96. The highest BCUT2D eigenvalue weighted by Crippen LogP contribution is 2.41. The third-order valence-electron chi connectivity index (χ3n) is 10.9. The summed E-state index contributed by atoms with van der Waals surface area (Å²) in [5.41, 5.74) is 11.2. The molecule has 0 aliphatic rings. The number of aromatic nitrogens is 2. The SMILES string of the molecule is c1ccc(-c2nc(-c3ccc(-c4ccc(-c5c6ccccc6cc6c5ccc5ccccc56)cc4)cc3)cc(-c3cccc4oc5ccccc5c34)n2)cc1. The minimum Gasteiger partial charge on any atom is -0.456 e. The molecule has 11 aromatic rings. The van der Waals surface area contributed by atoms with Crippen molar-refractivity contribution in [2.75, 3.05) is 0 Å². The summed E-state index contributed by atoms with van der Waals surface area (Å²) in [7, 11) is 0. The Hall–Kier alpha value is -7.36. The van der Waals surface area contributed by atoms with Crippen LogP contribution in [-0.2, 0) is 0 Å². The van der Waals surface area contributed by atoms with E-state index < -0.39 is 0 Å². The van der Waals surface area contributed by atoms with E-state index in [1.165, 1.54) is 43.4 Å². The predicted octanol–water partition coefficient (Wildman–Crippen LogP) is 14.2. The first-order chi connectivity index (χ1) is 27.2. The van der Waals surface area contributed by atoms with Gasteiger partial charge in [-0.05, 0) is 78.8 Å². The number of hydrogen-bond acceptors (Lipinski definition) is 3. The Morgan fingerprint density at radius 2 is 0.945 bits per heavy atom. The van der Waals surface area contributed by atoms with E-state index in [2.05, 4.69) is 152 Å². The average Bonchev–Trinajstić information content (AvgIpc) is 3.65. The van der Waals surface area contributed by atoms with E-state index in [9.17, 15) is 0 Å². The Morgan fingerprint density at radius 3 is 1.75 bits per heavy atom. The molecule has 0 amide bonds. The number of hydrogen-bond donors (Lipinski definition) is 0.